The van der Waals surface area contributed by atoms with E-state index in [2.05, 4.69) is 30.6 Å². The highest BCUT2D eigenvalue weighted by atomic mass is 32.1. The Morgan fingerprint density at radius 3 is 2.85 bits per heavy atom. The molecule has 0 spiro atoms. The van der Waals surface area contributed by atoms with Crippen molar-refractivity contribution in [3.63, 3.8) is 0 Å². The van der Waals surface area contributed by atoms with Crippen LogP contribution >= 0.6 is 11.3 Å². The van der Waals surface area contributed by atoms with Gasteiger partial charge in [-0.15, -0.1) is 11.3 Å². The number of methoxy groups -OCH3 is 1. The number of rotatable bonds is 7. The van der Waals surface area contributed by atoms with Gasteiger partial charge in [0.05, 0.1) is 18.7 Å². The molecule has 1 aromatic rings. The van der Waals surface area contributed by atoms with E-state index in [0.29, 0.717) is 6.61 Å². The van der Waals surface area contributed by atoms with Crippen LogP contribution in [0.1, 0.15) is 44.2 Å². The van der Waals surface area contributed by atoms with Crippen LogP contribution in [0.15, 0.2) is 17.5 Å². The third-order valence-electron chi connectivity index (χ3n) is 3.79. The van der Waals surface area contributed by atoms with Crippen LogP contribution in [0.5, 0.6) is 0 Å². The van der Waals surface area contributed by atoms with Gasteiger partial charge in [-0.2, -0.15) is 0 Å². The number of hydrogen-bond donors (Lipinski definition) is 1. The Balaban J connectivity index is 2.26. The van der Waals surface area contributed by atoms with Gasteiger partial charge >= 0.3 is 0 Å². The second kappa shape index (κ2) is 7.20. The Hall–Kier alpha value is -0.910. The summed E-state index contributed by atoms with van der Waals surface area (Å²) in [6.45, 7) is 4.79. The van der Waals surface area contributed by atoms with Crippen LogP contribution in [0.3, 0.4) is 0 Å². The fourth-order valence-corrected chi connectivity index (χ4v) is 3.61. The summed E-state index contributed by atoms with van der Waals surface area (Å²) in [6, 6.07) is 4.21. The van der Waals surface area contributed by atoms with E-state index in [9.17, 15) is 4.79 Å². The molecule has 0 aliphatic carbocycles. The monoisotopic (exact) mass is 296 g/mol. The highest BCUT2D eigenvalue weighted by Gasteiger charge is 2.42. The third kappa shape index (κ3) is 3.05. The molecular weight excluding hydrogens is 272 g/mol. The second-order valence-corrected chi connectivity index (χ2v) is 6.17. The SMILES string of the molecule is CCCC(COC)N1C(=O)C(CC)NC1c1cccs1. The van der Waals surface area contributed by atoms with E-state index in [4.69, 9.17) is 4.74 Å². The largest absolute Gasteiger partial charge is 0.383 e. The first-order valence-electron chi connectivity index (χ1n) is 7.33. The Morgan fingerprint density at radius 2 is 2.30 bits per heavy atom. The zero-order valence-corrected chi connectivity index (χ0v) is 13.3. The van der Waals surface area contributed by atoms with Gasteiger partial charge in [0, 0.05) is 12.0 Å². The van der Waals surface area contributed by atoms with Crippen LogP contribution in [0.25, 0.3) is 0 Å². The number of nitrogens with one attached hydrogen (secondary N) is 1. The Kier molecular flexibility index (Phi) is 5.57. The molecule has 1 amide bonds. The summed E-state index contributed by atoms with van der Waals surface area (Å²) in [7, 11) is 1.70. The standard InChI is InChI=1S/C15H24N2O2S/c1-4-7-11(10-19-3)17-14(13-8-6-9-20-13)16-12(5-2)15(17)18/h6,8-9,11-12,14,16H,4-5,7,10H2,1-3H3. The van der Waals surface area contributed by atoms with Gasteiger partial charge in [0.2, 0.25) is 5.91 Å². The normalized spacial score (nSPS) is 24.4. The summed E-state index contributed by atoms with van der Waals surface area (Å²) in [4.78, 5) is 15.9. The fraction of sp³-hybridized carbons (Fsp3) is 0.667. The molecule has 1 aliphatic rings. The van der Waals surface area contributed by atoms with Crippen molar-refractivity contribution < 1.29 is 9.53 Å². The summed E-state index contributed by atoms with van der Waals surface area (Å²) in [6.07, 6.45) is 2.84. The molecule has 0 saturated carbocycles. The van der Waals surface area contributed by atoms with Crippen molar-refractivity contribution in [1.82, 2.24) is 10.2 Å². The first-order valence-corrected chi connectivity index (χ1v) is 8.21. The van der Waals surface area contributed by atoms with Crippen LogP contribution in [0.2, 0.25) is 0 Å². The highest BCUT2D eigenvalue weighted by molar-refractivity contribution is 7.10. The lowest BCUT2D eigenvalue weighted by molar-refractivity contribution is -0.133. The Bertz CT molecular complexity index is 416. The molecule has 2 rings (SSSR count). The highest BCUT2D eigenvalue weighted by Crippen LogP contribution is 2.32. The number of carbonyl (C=O) groups is 1. The maximum absolute atomic E-state index is 12.6. The molecule has 1 aromatic heterocycles. The van der Waals surface area contributed by atoms with Gasteiger partial charge in [-0.3, -0.25) is 10.1 Å². The molecule has 1 N–H and O–H groups in total. The van der Waals surface area contributed by atoms with Crippen molar-refractivity contribution >= 4 is 17.2 Å². The van der Waals surface area contributed by atoms with Gasteiger partial charge in [0.25, 0.3) is 0 Å². The van der Waals surface area contributed by atoms with E-state index >= 15 is 0 Å². The Labute approximate surface area is 125 Å². The maximum atomic E-state index is 12.6. The van der Waals surface area contributed by atoms with Crippen molar-refractivity contribution in [1.29, 1.82) is 0 Å². The van der Waals surface area contributed by atoms with Crippen LogP contribution in [-0.2, 0) is 9.53 Å². The quantitative estimate of drug-likeness (QED) is 0.841. The zero-order valence-electron chi connectivity index (χ0n) is 12.5. The predicted octanol–water partition coefficient (Wildman–Crippen LogP) is 2.77. The zero-order chi connectivity index (χ0) is 14.5. The van der Waals surface area contributed by atoms with Crippen LogP contribution < -0.4 is 5.32 Å². The van der Waals surface area contributed by atoms with Crippen molar-refractivity contribution in [3.05, 3.63) is 22.4 Å². The molecule has 0 radical (unpaired) electrons. The van der Waals surface area contributed by atoms with Gasteiger partial charge < -0.3 is 9.64 Å². The summed E-state index contributed by atoms with van der Waals surface area (Å²) >= 11 is 1.69. The van der Waals surface area contributed by atoms with Gasteiger partial charge in [0.1, 0.15) is 6.17 Å². The Morgan fingerprint density at radius 1 is 1.50 bits per heavy atom. The summed E-state index contributed by atoms with van der Waals surface area (Å²) in [5.74, 6) is 0.210. The van der Waals surface area contributed by atoms with Gasteiger partial charge in [-0.1, -0.05) is 26.3 Å². The van der Waals surface area contributed by atoms with E-state index in [1.54, 1.807) is 18.4 Å². The number of carbonyl (C=O) groups excluding carboxylic acids is 1. The second-order valence-electron chi connectivity index (χ2n) is 5.19. The smallest absolute Gasteiger partial charge is 0.241 e. The lowest BCUT2D eigenvalue weighted by Crippen LogP contribution is -2.42. The van der Waals surface area contributed by atoms with E-state index in [0.717, 1.165) is 19.3 Å². The van der Waals surface area contributed by atoms with E-state index < -0.39 is 0 Å². The molecule has 20 heavy (non-hydrogen) atoms. The van der Waals surface area contributed by atoms with Crippen LogP contribution in [-0.4, -0.2) is 36.6 Å². The third-order valence-corrected chi connectivity index (χ3v) is 4.71. The minimum absolute atomic E-state index is 0.000787. The minimum atomic E-state index is -0.0710. The predicted molar refractivity (Wildman–Crippen MR) is 81.7 cm³/mol. The number of ether oxygens (including phenoxy) is 1. The molecule has 3 unspecified atom stereocenters. The topological polar surface area (TPSA) is 41.6 Å². The molecule has 3 atom stereocenters. The molecular formula is C15H24N2O2S. The van der Waals surface area contributed by atoms with Crippen molar-refractivity contribution in [2.75, 3.05) is 13.7 Å². The molecule has 0 aromatic carbocycles. The van der Waals surface area contributed by atoms with Crippen molar-refractivity contribution in [2.45, 2.75) is 51.4 Å². The average molecular weight is 296 g/mol. The molecule has 1 fully saturated rings. The summed E-state index contributed by atoms with van der Waals surface area (Å²) in [5, 5.41) is 5.53. The lowest BCUT2D eigenvalue weighted by atomic mass is 10.1. The molecule has 112 valence electrons. The summed E-state index contributed by atoms with van der Waals surface area (Å²) in [5.41, 5.74) is 0. The first-order chi connectivity index (χ1) is 9.72. The number of hydrogen-bond acceptors (Lipinski definition) is 4. The van der Waals surface area contributed by atoms with Gasteiger partial charge in [-0.05, 0) is 24.3 Å². The molecule has 2 heterocycles. The lowest BCUT2D eigenvalue weighted by Gasteiger charge is -2.31. The van der Waals surface area contributed by atoms with E-state index in [1.807, 2.05) is 11.0 Å². The van der Waals surface area contributed by atoms with Crippen LogP contribution in [0, 0.1) is 0 Å². The fourth-order valence-electron chi connectivity index (χ4n) is 2.83. The van der Waals surface area contributed by atoms with E-state index in [1.165, 1.54) is 4.88 Å². The van der Waals surface area contributed by atoms with Crippen LogP contribution in [0.4, 0.5) is 0 Å². The maximum Gasteiger partial charge on any atom is 0.241 e. The minimum Gasteiger partial charge on any atom is -0.383 e. The average Bonchev–Trinajstić information content (AvgIpc) is 3.06. The van der Waals surface area contributed by atoms with Crippen molar-refractivity contribution in [2.24, 2.45) is 0 Å². The van der Waals surface area contributed by atoms with Crippen molar-refractivity contribution in [3.8, 4) is 0 Å². The van der Waals surface area contributed by atoms with E-state index in [-0.39, 0.29) is 24.2 Å². The molecule has 4 nitrogen and oxygen atoms in total. The number of thiophene rings is 1. The molecule has 0 bridgehead atoms. The van der Waals surface area contributed by atoms with Gasteiger partial charge in [0.15, 0.2) is 0 Å². The summed E-state index contributed by atoms with van der Waals surface area (Å²) < 4.78 is 5.33. The number of amides is 1. The van der Waals surface area contributed by atoms with Gasteiger partial charge in [-0.25, -0.2) is 0 Å². The molecule has 5 heteroatoms. The number of nitrogens with zero attached hydrogens (tertiary/aromatic N) is 1. The molecule has 1 aliphatic heterocycles. The first kappa shape index (κ1) is 15.5. The molecule has 1 saturated heterocycles.